The summed E-state index contributed by atoms with van der Waals surface area (Å²) in [7, 11) is 8.07. The Morgan fingerprint density at radius 3 is 1.14 bits per heavy atom. The van der Waals surface area contributed by atoms with Crippen LogP contribution in [0.5, 0.6) is 0 Å². The molecule has 0 aliphatic heterocycles. The van der Waals surface area contributed by atoms with Crippen molar-refractivity contribution in [3.8, 4) is 22.5 Å². The second-order valence-corrected chi connectivity index (χ2v) is 13.1. The van der Waals surface area contributed by atoms with Crippen LogP contribution in [-0.4, -0.2) is 48.1 Å². The van der Waals surface area contributed by atoms with Gasteiger partial charge in [0.05, 0.1) is 0 Å². The number of aromatic nitrogens is 6. The van der Waals surface area contributed by atoms with E-state index in [0.29, 0.717) is 0 Å². The summed E-state index contributed by atoms with van der Waals surface area (Å²) in [4.78, 5) is 29.9. The van der Waals surface area contributed by atoms with Gasteiger partial charge in [-0.1, -0.05) is 121 Å². The third kappa shape index (κ3) is 10.7. The number of hydrogen-bond acceptors (Lipinski definition) is 6. The molecule has 0 fully saturated rings. The minimum Gasteiger partial charge on any atom is -0.442 e. The molecule has 4 aromatic carbocycles. The van der Waals surface area contributed by atoms with Gasteiger partial charge in [0.1, 0.15) is 0 Å². The van der Waals surface area contributed by atoms with Crippen LogP contribution in [0.1, 0.15) is 0 Å². The molecule has 10 aromatic rings. The van der Waals surface area contributed by atoms with Gasteiger partial charge in [-0.05, 0) is 95.7 Å². The topological polar surface area (TPSA) is 86.2 Å². The van der Waals surface area contributed by atoms with Gasteiger partial charge in [-0.2, -0.15) is 0 Å². The summed E-state index contributed by atoms with van der Waals surface area (Å²) < 4.78 is 0. The van der Waals surface area contributed by atoms with E-state index in [1.165, 1.54) is 10.8 Å². The standard InChI is InChI=1S/2C13H13N2.2C11H7N2.2Pt/c2*1-15(2)12-8-6-11(7-9-12)13-5-3-4-10-14-13;2*1-2-6-10-8(4-1)9-5-3-7-12-11(9)13-10;;/h2*3-6,8-10H,1-2H3;2*1-7H;;/q4*-1;2*+2. The quantitative estimate of drug-likeness (QED) is 0.161. The maximum absolute atomic E-state index is 4.40. The summed E-state index contributed by atoms with van der Waals surface area (Å²) in [6, 6.07) is 54.6. The number of hydrogen-bond donors (Lipinski definition) is 0. The monoisotopic (exact) mass is 1120 g/mol. The molecule has 0 unspecified atom stereocenters. The molecule has 58 heavy (non-hydrogen) atoms. The maximum Gasteiger partial charge on any atom is 2.00 e. The van der Waals surface area contributed by atoms with Crippen LogP contribution in [0.2, 0.25) is 0 Å². The molecule has 0 saturated heterocycles. The van der Waals surface area contributed by atoms with Gasteiger partial charge in [0, 0.05) is 12.4 Å². The SMILES string of the molecule is CN(C)c1c[c-]c(-c2ccccn2)cc1.CN(C)c1c[c-]c(-c2ccccn2)cc1.[Pt+2].[Pt+2].c1ccc2c(c1)[n-]c1ncccc12.c1ccc2c(c1)[n-]c1ncccc12. The zero-order valence-electron chi connectivity index (χ0n) is 32.4. The predicted octanol–water partition coefficient (Wildman–Crippen LogP) is 9.91. The zero-order valence-corrected chi connectivity index (χ0v) is 36.9. The Hall–Kier alpha value is -5.94. The molecule has 0 amide bonds. The van der Waals surface area contributed by atoms with Gasteiger partial charge in [-0.3, -0.25) is 0 Å². The first kappa shape index (κ1) is 43.2. The number of para-hydroxylation sites is 2. The summed E-state index contributed by atoms with van der Waals surface area (Å²) in [6.07, 6.45) is 7.13. The Kier molecular flexibility index (Phi) is 15.6. The first-order valence-corrected chi connectivity index (χ1v) is 18.2. The Balaban J connectivity index is 0.000000146. The summed E-state index contributed by atoms with van der Waals surface area (Å²) in [5.74, 6) is 0. The first-order valence-electron chi connectivity index (χ1n) is 18.2. The van der Waals surface area contributed by atoms with Gasteiger partial charge >= 0.3 is 42.1 Å². The van der Waals surface area contributed by atoms with Crippen LogP contribution in [0.15, 0.2) is 170 Å². The first-order chi connectivity index (χ1) is 27.4. The number of benzene rings is 4. The molecular weight excluding hydrogens is 1080 g/mol. The van der Waals surface area contributed by atoms with Crippen LogP contribution in [0.4, 0.5) is 11.4 Å². The van der Waals surface area contributed by atoms with Crippen molar-refractivity contribution >= 4 is 55.2 Å². The third-order valence-electron chi connectivity index (χ3n) is 8.92. The average Bonchev–Trinajstić information content (AvgIpc) is 3.84. The summed E-state index contributed by atoms with van der Waals surface area (Å²) in [5.41, 5.74) is 10.00. The normalized spacial score (nSPS) is 10.1. The zero-order chi connectivity index (χ0) is 38.7. The molecule has 6 aromatic heterocycles. The molecule has 10 heteroatoms. The molecule has 10 rings (SSSR count). The van der Waals surface area contributed by atoms with Crippen LogP contribution in [-0.2, 0) is 42.1 Å². The van der Waals surface area contributed by atoms with E-state index in [4.69, 9.17) is 0 Å². The molecule has 8 nitrogen and oxygen atoms in total. The minimum absolute atomic E-state index is 0. The minimum atomic E-state index is 0. The number of pyridine rings is 4. The largest absolute Gasteiger partial charge is 2.00 e. The molecule has 0 saturated carbocycles. The molecule has 0 aliphatic carbocycles. The average molecular weight is 1120 g/mol. The fourth-order valence-electron chi connectivity index (χ4n) is 5.97. The van der Waals surface area contributed by atoms with E-state index in [-0.39, 0.29) is 42.1 Å². The Bertz CT molecular complexity index is 2460. The summed E-state index contributed by atoms with van der Waals surface area (Å²) >= 11 is 0. The van der Waals surface area contributed by atoms with E-state index in [9.17, 15) is 0 Å². The van der Waals surface area contributed by atoms with Gasteiger partial charge in [0.2, 0.25) is 0 Å². The van der Waals surface area contributed by atoms with Crippen LogP contribution in [0, 0.1) is 12.1 Å². The second kappa shape index (κ2) is 21.0. The maximum atomic E-state index is 4.40. The van der Waals surface area contributed by atoms with Crippen LogP contribution >= 0.6 is 0 Å². The Morgan fingerprint density at radius 1 is 0.397 bits per heavy atom. The summed E-state index contributed by atoms with van der Waals surface area (Å²) in [5, 5.41) is 4.65. The Morgan fingerprint density at radius 2 is 0.776 bits per heavy atom. The van der Waals surface area contributed by atoms with Crippen molar-refractivity contribution in [1.29, 1.82) is 0 Å². The number of fused-ring (bicyclic) bond motifs is 6. The van der Waals surface area contributed by atoms with E-state index in [1.807, 2.05) is 137 Å². The van der Waals surface area contributed by atoms with E-state index in [0.717, 1.165) is 67.0 Å². The fourth-order valence-corrected chi connectivity index (χ4v) is 5.97. The van der Waals surface area contributed by atoms with Crippen molar-refractivity contribution in [1.82, 2.24) is 29.9 Å². The van der Waals surface area contributed by atoms with Gasteiger partial charge in [0.15, 0.2) is 0 Å². The van der Waals surface area contributed by atoms with Gasteiger partial charge in [-0.15, -0.1) is 59.7 Å². The molecule has 0 radical (unpaired) electrons. The molecule has 0 atom stereocenters. The van der Waals surface area contributed by atoms with Gasteiger partial charge in [0.25, 0.3) is 0 Å². The molecular formula is C48H40N8Pt2. The number of nitrogens with zero attached hydrogens (tertiary/aromatic N) is 8. The van der Waals surface area contributed by atoms with Crippen molar-refractivity contribution < 1.29 is 42.1 Å². The molecule has 0 bridgehead atoms. The van der Waals surface area contributed by atoms with Gasteiger partial charge < -0.3 is 39.7 Å². The summed E-state index contributed by atoms with van der Waals surface area (Å²) in [6.45, 7) is 0. The van der Waals surface area contributed by atoms with Crippen molar-refractivity contribution in [3.63, 3.8) is 0 Å². The predicted molar refractivity (Wildman–Crippen MR) is 231 cm³/mol. The smallest absolute Gasteiger partial charge is 0.442 e. The van der Waals surface area contributed by atoms with Gasteiger partial charge in [-0.25, -0.2) is 0 Å². The van der Waals surface area contributed by atoms with Crippen LogP contribution in [0.25, 0.3) is 66.4 Å². The Labute approximate surface area is 368 Å². The van der Waals surface area contributed by atoms with Crippen molar-refractivity contribution in [2.45, 2.75) is 0 Å². The van der Waals surface area contributed by atoms with E-state index in [1.54, 1.807) is 24.8 Å². The number of anilines is 2. The van der Waals surface area contributed by atoms with Crippen LogP contribution in [0.3, 0.4) is 0 Å². The third-order valence-corrected chi connectivity index (χ3v) is 8.92. The molecule has 6 heterocycles. The number of rotatable bonds is 4. The van der Waals surface area contributed by atoms with Crippen LogP contribution < -0.4 is 19.8 Å². The fraction of sp³-hybridized carbons (Fsp3) is 0.0833. The molecule has 292 valence electrons. The van der Waals surface area contributed by atoms with E-state index < -0.39 is 0 Å². The van der Waals surface area contributed by atoms with E-state index in [2.05, 4.69) is 88.2 Å². The van der Waals surface area contributed by atoms with Crippen molar-refractivity contribution in [2.24, 2.45) is 0 Å². The molecule has 0 aliphatic rings. The van der Waals surface area contributed by atoms with Crippen molar-refractivity contribution in [2.75, 3.05) is 38.0 Å². The van der Waals surface area contributed by atoms with Crippen molar-refractivity contribution in [3.05, 3.63) is 183 Å². The molecule has 0 N–H and O–H groups in total. The molecule has 0 spiro atoms. The van der Waals surface area contributed by atoms with E-state index >= 15 is 0 Å². The second-order valence-electron chi connectivity index (χ2n) is 13.1.